The molecule has 0 atom stereocenters. The molecular weight excluding hydrogens is 174 g/mol. The summed E-state index contributed by atoms with van der Waals surface area (Å²) < 4.78 is 0. The summed E-state index contributed by atoms with van der Waals surface area (Å²) in [4.78, 5) is 3.81. The lowest BCUT2D eigenvalue weighted by Crippen LogP contribution is -1.89. The van der Waals surface area contributed by atoms with Crippen LogP contribution in [-0.2, 0) is 6.42 Å². The first kappa shape index (κ1) is 10.5. The van der Waals surface area contributed by atoms with E-state index in [1.54, 1.807) is 12.1 Å². The van der Waals surface area contributed by atoms with Crippen LogP contribution in [0.15, 0.2) is 23.7 Å². The average Bonchev–Trinajstić information content (AvgIpc) is 2.20. The first-order valence-corrected chi connectivity index (χ1v) is 4.68. The average molecular weight is 189 g/mol. The van der Waals surface area contributed by atoms with Crippen LogP contribution in [-0.4, -0.2) is 11.8 Å². The molecule has 0 saturated carbocycles. The van der Waals surface area contributed by atoms with Crippen molar-refractivity contribution < 1.29 is 5.11 Å². The van der Waals surface area contributed by atoms with Crippen LogP contribution in [0.3, 0.4) is 0 Å². The molecule has 1 aromatic carbocycles. The molecule has 0 aromatic heterocycles. The van der Waals surface area contributed by atoms with Gasteiger partial charge in [0.25, 0.3) is 0 Å². The van der Waals surface area contributed by atoms with Crippen LogP contribution >= 0.6 is 0 Å². The highest BCUT2D eigenvalue weighted by Crippen LogP contribution is 2.33. The summed E-state index contributed by atoms with van der Waals surface area (Å²) in [5, 5.41) is 9.53. The molecule has 0 aliphatic rings. The number of hydrogen-bond donors (Lipinski definition) is 1. The van der Waals surface area contributed by atoms with Crippen molar-refractivity contribution in [2.75, 3.05) is 0 Å². The van der Waals surface area contributed by atoms with Crippen LogP contribution in [0.25, 0.3) is 6.08 Å². The van der Waals surface area contributed by atoms with Crippen LogP contribution < -0.4 is 0 Å². The minimum atomic E-state index is 0.162. The Balaban J connectivity index is 3.32. The van der Waals surface area contributed by atoms with Crippen molar-refractivity contribution >= 4 is 18.5 Å². The summed E-state index contributed by atoms with van der Waals surface area (Å²) in [5.41, 5.74) is 2.58. The molecule has 0 spiro atoms. The fourth-order valence-corrected chi connectivity index (χ4v) is 1.52. The molecule has 0 aliphatic carbocycles. The normalized spacial score (nSPS) is 9.79. The molecule has 0 fully saturated rings. The Bertz CT molecular complexity index is 356. The van der Waals surface area contributed by atoms with Gasteiger partial charge >= 0.3 is 0 Å². The Morgan fingerprint density at radius 2 is 2.21 bits per heavy atom. The Hall–Kier alpha value is -1.57. The van der Waals surface area contributed by atoms with E-state index in [1.165, 1.54) is 0 Å². The van der Waals surface area contributed by atoms with E-state index < -0.39 is 0 Å². The van der Waals surface area contributed by atoms with Gasteiger partial charge in [-0.25, -0.2) is 0 Å². The van der Waals surface area contributed by atoms with Crippen molar-refractivity contribution in [2.45, 2.75) is 19.8 Å². The van der Waals surface area contributed by atoms with Crippen molar-refractivity contribution in [3.63, 3.8) is 0 Å². The maximum atomic E-state index is 9.53. The van der Waals surface area contributed by atoms with E-state index >= 15 is 0 Å². The second-order valence-electron chi connectivity index (χ2n) is 3.12. The van der Waals surface area contributed by atoms with E-state index in [4.69, 9.17) is 0 Å². The molecular formula is C12H15NO. The van der Waals surface area contributed by atoms with Crippen LogP contribution in [0, 0.1) is 0 Å². The molecule has 0 unspecified atom stereocenters. The number of nitrogens with zero attached hydrogens (tertiary/aromatic N) is 1. The fraction of sp³-hybridized carbons (Fsp3) is 0.250. The Morgan fingerprint density at radius 3 is 2.71 bits per heavy atom. The molecule has 1 rings (SSSR count). The number of aryl methyl sites for hydroxylation is 1. The molecule has 0 aliphatic heterocycles. The van der Waals surface area contributed by atoms with Gasteiger partial charge in [0.05, 0.1) is 0 Å². The van der Waals surface area contributed by atoms with Crippen molar-refractivity contribution in [3.8, 4) is 5.75 Å². The fourth-order valence-electron chi connectivity index (χ4n) is 1.52. The number of rotatable bonds is 4. The van der Waals surface area contributed by atoms with E-state index in [2.05, 4.69) is 25.2 Å². The van der Waals surface area contributed by atoms with Crippen molar-refractivity contribution in [2.24, 2.45) is 4.99 Å². The van der Waals surface area contributed by atoms with Gasteiger partial charge in [0.1, 0.15) is 11.4 Å². The van der Waals surface area contributed by atoms with Crippen LogP contribution in [0.1, 0.15) is 24.5 Å². The highest BCUT2D eigenvalue weighted by atomic mass is 16.3. The van der Waals surface area contributed by atoms with Gasteiger partial charge in [-0.2, -0.15) is 0 Å². The number of phenols is 1. The van der Waals surface area contributed by atoms with Crippen LogP contribution in [0.5, 0.6) is 5.75 Å². The van der Waals surface area contributed by atoms with Gasteiger partial charge in [-0.1, -0.05) is 32.1 Å². The third-order valence-corrected chi connectivity index (χ3v) is 2.17. The second kappa shape index (κ2) is 4.61. The minimum absolute atomic E-state index is 0.162. The van der Waals surface area contributed by atoms with Gasteiger partial charge in [-0.3, -0.25) is 4.99 Å². The van der Waals surface area contributed by atoms with Crippen molar-refractivity contribution in [1.29, 1.82) is 0 Å². The summed E-state index contributed by atoms with van der Waals surface area (Å²) in [7, 11) is 0. The largest absolute Gasteiger partial charge is 0.506 e. The van der Waals surface area contributed by atoms with Crippen LogP contribution in [0.4, 0.5) is 5.69 Å². The molecule has 1 aromatic rings. The quantitative estimate of drug-likeness (QED) is 0.724. The standard InChI is InChI=1S/C12H15NO/c1-4-6-9-7-8-11(14)12(13-3)10(9)5-2/h5,7-8,14H,2-4,6H2,1H3. The third kappa shape index (κ3) is 1.84. The smallest absolute Gasteiger partial charge is 0.141 e. The third-order valence-electron chi connectivity index (χ3n) is 2.17. The molecule has 0 radical (unpaired) electrons. The van der Waals surface area contributed by atoms with Crippen LogP contribution in [0.2, 0.25) is 0 Å². The highest BCUT2D eigenvalue weighted by Gasteiger charge is 2.08. The number of hydrogen-bond acceptors (Lipinski definition) is 2. The van der Waals surface area contributed by atoms with Gasteiger partial charge < -0.3 is 5.11 Å². The van der Waals surface area contributed by atoms with E-state index in [9.17, 15) is 5.11 Å². The Morgan fingerprint density at radius 1 is 1.50 bits per heavy atom. The molecule has 14 heavy (non-hydrogen) atoms. The monoisotopic (exact) mass is 189 g/mol. The summed E-state index contributed by atoms with van der Waals surface area (Å²) in [6.07, 6.45) is 3.74. The highest BCUT2D eigenvalue weighted by molar-refractivity contribution is 5.73. The first-order valence-electron chi connectivity index (χ1n) is 4.68. The van der Waals surface area contributed by atoms with Gasteiger partial charge in [0.15, 0.2) is 0 Å². The number of phenolic OH excluding ortho intramolecular Hbond substituents is 1. The molecule has 0 saturated heterocycles. The molecule has 74 valence electrons. The van der Waals surface area contributed by atoms with E-state index in [0.29, 0.717) is 5.69 Å². The van der Waals surface area contributed by atoms with Crippen molar-refractivity contribution in [3.05, 3.63) is 29.8 Å². The number of aromatic hydroxyl groups is 1. The lowest BCUT2D eigenvalue weighted by Gasteiger charge is -2.09. The van der Waals surface area contributed by atoms with Gasteiger partial charge in [0, 0.05) is 5.56 Å². The summed E-state index contributed by atoms with van der Waals surface area (Å²) in [6.45, 7) is 9.28. The zero-order valence-corrected chi connectivity index (χ0v) is 8.45. The van der Waals surface area contributed by atoms with E-state index in [0.717, 1.165) is 24.0 Å². The van der Waals surface area contributed by atoms with E-state index in [1.807, 2.05) is 6.07 Å². The molecule has 2 heteroatoms. The zero-order chi connectivity index (χ0) is 10.6. The van der Waals surface area contributed by atoms with Gasteiger partial charge in [0.2, 0.25) is 0 Å². The lowest BCUT2D eigenvalue weighted by molar-refractivity contribution is 0.476. The minimum Gasteiger partial charge on any atom is -0.506 e. The molecule has 0 bridgehead atoms. The predicted octanol–water partition coefficient (Wildman–Crippen LogP) is 3.32. The second-order valence-corrected chi connectivity index (χ2v) is 3.12. The SMILES string of the molecule is C=Cc1c(CCC)ccc(O)c1N=C. The maximum Gasteiger partial charge on any atom is 0.141 e. The van der Waals surface area contributed by atoms with E-state index in [-0.39, 0.29) is 5.75 Å². The maximum absolute atomic E-state index is 9.53. The van der Waals surface area contributed by atoms with Gasteiger partial charge in [-0.15, -0.1) is 0 Å². The Labute approximate surface area is 84.6 Å². The lowest BCUT2D eigenvalue weighted by atomic mass is 10.0. The molecule has 0 heterocycles. The summed E-state index contributed by atoms with van der Waals surface area (Å²) >= 11 is 0. The van der Waals surface area contributed by atoms with Crippen molar-refractivity contribution in [1.82, 2.24) is 0 Å². The Kier molecular flexibility index (Phi) is 3.46. The molecule has 2 nitrogen and oxygen atoms in total. The molecule has 0 amide bonds. The number of aliphatic imine (C=N–C) groups is 1. The number of benzene rings is 1. The first-order chi connectivity index (χ1) is 6.74. The summed E-state index contributed by atoms with van der Waals surface area (Å²) in [6, 6.07) is 3.56. The topological polar surface area (TPSA) is 32.6 Å². The zero-order valence-electron chi connectivity index (χ0n) is 8.45. The molecule has 1 N–H and O–H groups in total. The summed E-state index contributed by atoms with van der Waals surface area (Å²) in [5.74, 6) is 0.162. The van der Waals surface area contributed by atoms with Gasteiger partial charge in [-0.05, 0) is 24.8 Å². The predicted molar refractivity (Wildman–Crippen MR) is 61.4 cm³/mol.